The molecule has 2 rings (SSSR count). The monoisotopic (exact) mass is 167 g/mol. The summed E-state index contributed by atoms with van der Waals surface area (Å²) in [6.45, 7) is 4.50. The minimum absolute atomic E-state index is 0.665. The number of rotatable bonds is 2. The molecule has 0 spiro atoms. The van der Waals surface area contributed by atoms with Crippen molar-refractivity contribution >= 4 is 11.3 Å². The predicted octanol–water partition coefficient (Wildman–Crippen LogP) is 3.14. The first-order valence-corrected chi connectivity index (χ1v) is 5.10. The highest BCUT2D eigenvalue weighted by Gasteiger charge is 2.28. The van der Waals surface area contributed by atoms with Crippen LogP contribution in [0.15, 0.2) is 5.51 Å². The maximum atomic E-state index is 4.42. The summed E-state index contributed by atoms with van der Waals surface area (Å²) in [5.74, 6) is 1.48. The molecule has 1 fully saturated rings. The first-order chi connectivity index (χ1) is 5.29. The van der Waals surface area contributed by atoms with Crippen molar-refractivity contribution in [3.63, 3.8) is 0 Å². The van der Waals surface area contributed by atoms with Crippen LogP contribution in [0.1, 0.15) is 49.1 Å². The SMILES string of the molecule is CC(C)c1scnc1C1CC1. The highest BCUT2D eigenvalue weighted by atomic mass is 32.1. The molecular weight excluding hydrogens is 154 g/mol. The molecule has 0 bridgehead atoms. The third-order valence-electron chi connectivity index (χ3n) is 2.11. The second kappa shape index (κ2) is 2.59. The van der Waals surface area contributed by atoms with Gasteiger partial charge in [0.25, 0.3) is 0 Å². The van der Waals surface area contributed by atoms with Crippen molar-refractivity contribution in [2.45, 2.75) is 38.5 Å². The van der Waals surface area contributed by atoms with Crippen LogP contribution in [0.25, 0.3) is 0 Å². The van der Waals surface area contributed by atoms with Gasteiger partial charge in [0.1, 0.15) is 0 Å². The van der Waals surface area contributed by atoms with E-state index in [1.54, 1.807) is 0 Å². The summed E-state index contributed by atoms with van der Waals surface area (Å²) in [5.41, 5.74) is 3.38. The van der Waals surface area contributed by atoms with E-state index in [-0.39, 0.29) is 0 Å². The molecule has 1 aromatic rings. The summed E-state index contributed by atoms with van der Waals surface area (Å²) in [6, 6.07) is 0. The third-order valence-corrected chi connectivity index (χ3v) is 3.26. The summed E-state index contributed by atoms with van der Waals surface area (Å²) in [7, 11) is 0. The van der Waals surface area contributed by atoms with Gasteiger partial charge in [-0.3, -0.25) is 0 Å². The molecule has 0 aliphatic heterocycles. The number of hydrogen-bond acceptors (Lipinski definition) is 2. The van der Waals surface area contributed by atoms with Crippen molar-refractivity contribution in [1.82, 2.24) is 4.98 Å². The van der Waals surface area contributed by atoms with Crippen molar-refractivity contribution < 1.29 is 0 Å². The van der Waals surface area contributed by atoms with Crippen LogP contribution in [0.5, 0.6) is 0 Å². The van der Waals surface area contributed by atoms with Crippen molar-refractivity contribution in [3.05, 3.63) is 16.1 Å². The molecule has 1 aromatic heterocycles. The summed E-state index contributed by atoms with van der Waals surface area (Å²) in [6.07, 6.45) is 2.73. The molecular formula is C9H13NS. The van der Waals surface area contributed by atoms with Gasteiger partial charge in [-0.25, -0.2) is 4.98 Å². The van der Waals surface area contributed by atoms with Crippen molar-refractivity contribution in [1.29, 1.82) is 0 Å². The second-order valence-corrected chi connectivity index (χ2v) is 4.42. The van der Waals surface area contributed by atoms with E-state index >= 15 is 0 Å². The zero-order valence-electron chi connectivity index (χ0n) is 7.00. The molecule has 1 heterocycles. The Balaban J connectivity index is 2.30. The lowest BCUT2D eigenvalue weighted by atomic mass is 10.1. The fourth-order valence-corrected chi connectivity index (χ4v) is 2.25. The minimum atomic E-state index is 0.665. The van der Waals surface area contributed by atoms with E-state index in [9.17, 15) is 0 Å². The Morgan fingerprint density at radius 1 is 1.55 bits per heavy atom. The Morgan fingerprint density at radius 3 is 2.82 bits per heavy atom. The molecule has 0 unspecified atom stereocenters. The van der Waals surface area contributed by atoms with Gasteiger partial charge in [-0.1, -0.05) is 13.8 Å². The van der Waals surface area contributed by atoms with Gasteiger partial charge in [0.15, 0.2) is 0 Å². The fraction of sp³-hybridized carbons (Fsp3) is 0.667. The van der Waals surface area contributed by atoms with E-state index in [1.165, 1.54) is 23.4 Å². The molecule has 1 saturated carbocycles. The highest BCUT2D eigenvalue weighted by Crippen LogP contribution is 2.43. The molecule has 60 valence electrons. The Kier molecular flexibility index (Phi) is 1.72. The Hall–Kier alpha value is -0.370. The van der Waals surface area contributed by atoms with E-state index in [4.69, 9.17) is 0 Å². The maximum absolute atomic E-state index is 4.42. The van der Waals surface area contributed by atoms with E-state index in [2.05, 4.69) is 18.8 Å². The van der Waals surface area contributed by atoms with Gasteiger partial charge in [-0.2, -0.15) is 0 Å². The first kappa shape index (κ1) is 7.29. The van der Waals surface area contributed by atoms with Gasteiger partial charge >= 0.3 is 0 Å². The van der Waals surface area contributed by atoms with E-state index < -0.39 is 0 Å². The maximum Gasteiger partial charge on any atom is 0.0797 e. The van der Waals surface area contributed by atoms with Crippen LogP contribution in [0.4, 0.5) is 0 Å². The van der Waals surface area contributed by atoms with Crippen LogP contribution >= 0.6 is 11.3 Å². The first-order valence-electron chi connectivity index (χ1n) is 4.22. The minimum Gasteiger partial charge on any atom is -0.249 e. The zero-order valence-corrected chi connectivity index (χ0v) is 7.82. The van der Waals surface area contributed by atoms with Crippen LogP contribution < -0.4 is 0 Å². The lowest BCUT2D eigenvalue weighted by molar-refractivity contribution is 0.852. The molecule has 0 saturated heterocycles. The molecule has 1 aliphatic rings. The average molecular weight is 167 g/mol. The molecule has 0 N–H and O–H groups in total. The molecule has 2 heteroatoms. The smallest absolute Gasteiger partial charge is 0.0797 e. The summed E-state index contributed by atoms with van der Waals surface area (Å²) in [5, 5.41) is 0. The van der Waals surface area contributed by atoms with Gasteiger partial charge in [-0.05, 0) is 18.8 Å². The Bertz CT molecular complexity index is 231. The van der Waals surface area contributed by atoms with Gasteiger partial charge in [0.05, 0.1) is 11.2 Å². The van der Waals surface area contributed by atoms with Crippen LogP contribution in [0, 0.1) is 0 Å². The highest BCUT2D eigenvalue weighted by molar-refractivity contribution is 7.09. The van der Waals surface area contributed by atoms with Gasteiger partial charge in [0.2, 0.25) is 0 Å². The summed E-state index contributed by atoms with van der Waals surface area (Å²) >= 11 is 1.81. The van der Waals surface area contributed by atoms with Gasteiger partial charge in [0, 0.05) is 10.8 Å². The average Bonchev–Trinajstić information content (AvgIpc) is 2.68. The second-order valence-electron chi connectivity index (χ2n) is 3.53. The van der Waals surface area contributed by atoms with Gasteiger partial charge < -0.3 is 0 Å². The lowest BCUT2D eigenvalue weighted by Crippen LogP contribution is -1.89. The zero-order chi connectivity index (χ0) is 7.84. The lowest BCUT2D eigenvalue weighted by Gasteiger charge is -2.02. The molecule has 1 aliphatic carbocycles. The largest absolute Gasteiger partial charge is 0.249 e. The van der Waals surface area contributed by atoms with E-state index in [0.29, 0.717) is 5.92 Å². The molecule has 11 heavy (non-hydrogen) atoms. The molecule has 0 atom stereocenters. The number of thiazole rings is 1. The molecule has 0 amide bonds. The molecule has 0 aromatic carbocycles. The topological polar surface area (TPSA) is 12.9 Å². The van der Waals surface area contributed by atoms with Crippen LogP contribution in [-0.4, -0.2) is 4.98 Å². The molecule has 1 nitrogen and oxygen atoms in total. The van der Waals surface area contributed by atoms with Crippen LogP contribution in [0.3, 0.4) is 0 Å². The van der Waals surface area contributed by atoms with Crippen LogP contribution in [-0.2, 0) is 0 Å². The van der Waals surface area contributed by atoms with E-state index in [0.717, 1.165) is 5.92 Å². The van der Waals surface area contributed by atoms with Gasteiger partial charge in [-0.15, -0.1) is 11.3 Å². The summed E-state index contributed by atoms with van der Waals surface area (Å²) in [4.78, 5) is 5.92. The van der Waals surface area contributed by atoms with Crippen molar-refractivity contribution in [2.24, 2.45) is 0 Å². The quantitative estimate of drug-likeness (QED) is 0.659. The van der Waals surface area contributed by atoms with Crippen molar-refractivity contribution in [3.8, 4) is 0 Å². The number of aromatic nitrogens is 1. The fourth-order valence-electron chi connectivity index (χ4n) is 1.36. The Morgan fingerprint density at radius 2 is 2.27 bits per heavy atom. The normalized spacial score (nSPS) is 17.7. The number of hydrogen-bond donors (Lipinski definition) is 0. The number of nitrogens with zero attached hydrogens (tertiary/aromatic N) is 1. The van der Waals surface area contributed by atoms with Crippen molar-refractivity contribution in [2.75, 3.05) is 0 Å². The van der Waals surface area contributed by atoms with E-state index in [1.807, 2.05) is 16.8 Å². The molecule has 0 radical (unpaired) electrons. The van der Waals surface area contributed by atoms with Crippen LogP contribution in [0.2, 0.25) is 0 Å². The summed E-state index contributed by atoms with van der Waals surface area (Å²) < 4.78 is 0. The Labute approximate surface area is 71.5 Å². The predicted molar refractivity (Wildman–Crippen MR) is 48.2 cm³/mol. The third kappa shape index (κ3) is 1.32. The standard InChI is InChI=1S/C9H13NS/c1-6(2)9-8(7-3-4-7)10-5-11-9/h5-7H,3-4H2,1-2H3.